The summed E-state index contributed by atoms with van der Waals surface area (Å²) in [5.74, 6) is 0.840. The van der Waals surface area contributed by atoms with E-state index in [0.717, 1.165) is 5.56 Å². The molecule has 0 aliphatic heterocycles. The minimum atomic E-state index is -0.541. The van der Waals surface area contributed by atoms with Crippen molar-refractivity contribution in [2.75, 3.05) is 6.61 Å². The van der Waals surface area contributed by atoms with E-state index in [-0.39, 0.29) is 12.4 Å². The molecule has 0 saturated carbocycles. The van der Waals surface area contributed by atoms with Crippen LogP contribution in [0.3, 0.4) is 0 Å². The highest BCUT2D eigenvalue weighted by Crippen LogP contribution is 2.16. The van der Waals surface area contributed by atoms with Gasteiger partial charge in [-0.1, -0.05) is 30.3 Å². The summed E-state index contributed by atoms with van der Waals surface area (Å²) in [4.78, 5) is 0. The molecule has 0 bridgehead atoms. The van der Waals surface area contributed by atoms with Crippen LogP contribution < -0.4 is 4.74 Å². The number of hydrogen-bond donors (Lipinski definition) is 2. The second kappa shape index (κ2) is 6.07. The fourth-order valence-electron chi connectivity index (χ4n) is 1.68. The van der Waals surface area contributed by atoms with E-state index in [4.69, 9.17) is 9.84 Å². The van der Waals surface area contributed by atoms with Gasteiger partial charge < -0.3 is 14.9 Å². The number of phenols is 1. The van der Waals surface area contributed by atoms with Crippen LogP contribution >= 0.6 is 0 Å². The number of phenolic OH excluding ortho intramolecular Hbond substituents is 1. The zero-order valence-corrected chi connectivity index (χ0v) is 9.99. The summed E-state index contributed by atoms with van der Waals surface area (Å²) >= 11 is 0. The molecule has 0 fully saturated rings. The van der Waals surface area contributed by atoms with Crippen molar-refractivity contribution in [3.8, 4) is 11.5 Å². The maximum atomic E-state index is 9.84. The van der Waals surface area contributed by atoms with Gasteiger partial charge in [-0.2, -0.15) is 0 Å². The predicted molar refractivity (Wildman–Crippen MR) is 69.8 cm³/mol. The summed E-state index contributed by atoms with van der Waals surface area (Å²) in [6.45, 7) is 0.236. The van der Waals surface area contributed by atoms with Gasteiger partial charge in [0.2, 0.25) is 0 Å². The summed E-state index contributed by atoms with van der Waals surface area (Å²) in [5.41, 5.74) is 1.08. The Bertz CT molecular complexity index is 465. The van der Waals surface area contributed by atoms with Crippen molar-refractivity contribution in [1.82, 2.24) is 0 Å². The minimum absolute atomic E-state index is 0.201. The molecule has 3 nitrogen and oxygen atoms in total. The van der Waals surface area contributed by atoms with Crippen LogP contribution in [0.1, 0.15) is 5.56 Å². The first-order valence-corrected chi connectivity index (χ1v) is 5.88. The van der Waals surface area contributed by atoms with Crippen LogP contribution in [0, 0.1) is 0 Å². The van der Waals surface area contributed by atoms with Gasteiger partial charge in [0, 0.05) is 6.42 Å². The van der Waals surface area contributed by atoms with Gasteiger partial charge in [-0.25, -0.2) is 0 Å². The summed E-state index contributed by atoms with van der Waals surface area (Å²) in [5, 5.41) is 19.0. The van der Waals surface area contributed by atoms with Crippen LogP contribution in [0.25, 0.3) is 0 Å². The zero-order chi connectivity index (χ0) is 12.8. The first-order chi connectivity index (χ1) is 8.74. The first kappa shape index (κ1) is 12.5. The van der Waals surface area contributed by atoms with Gasteiger partial charge in [0.05, 0.1) is 6.10 Å². The van der Waals surface area contributed by atoms with E-state index in [9.17, 15) is 5.11 Å². The van der Waals surface area contributed by atoms with Crippen molar-refractivity contribution in [2.45, 2.75) is 12.5 Å². The molecule has 2 aromatic rings. The van der Waals surface area contributed by atoms with Crippen LogP contribution in [-0.2, 0) is 6.42 Å². The molecule has 94 valence electrons. The predicted octanol–water partition coefficient (Wildman–Crippen LogP) is 2.37. The largest absolute Gasteiger partial charge is 0.508 e. The Morgan fingerprint density at radius 2 is 1.61 bits per heavy atom. The Hall–Kier alpha value is -2.00. The van der Waals surface area contributed by atoms with Gasteiger partial charge in [0.1, 0.15) is 18.1 Å². The van der Waals surface area contributed by atoms with Crippen LogP contribution in [-0.4, -0.2) is 22.9 Å². The Morgan fingerprint density at radius 1 is 0.944 bits per heavy atom. The molecule has 0 amide bonds. The first-order valence-electron chi connectivity index (χ1n) is 5.88. The second-order valence-corrected chi connectivity index (χ2v) is 4.15. The third kappa shape index (κ3) is 3.79. The van der Waals surface area contributed by atoms with Crippen molar-refractivity contribution >= 4 is 0 Å². The van der Waals surface area contributed by atoms with Gasteiger partial charge >= 0.3 is 0 Å². The molecule has 0 aromatic heterocycles. The number of ether oxygens (including phenoxy) is 1. The van der Waals surface area contributed by atoms with Crippen LogP contribution in [0.5, 0.6) is 11.5 Å². The smallest absolute Gasteiger partial charge is 0.119 e. The number of aromatic hydroxyl groups is 1. The Morgan fingerprint density at radius 3 is 2.28 bits per heavy atom. The number of aliphatic hydroxyl groups is 1. The average Bonchev–Trinajstić information content (AvgIpc) is 2.39. The molecule has 0 aliphatic carbocycles. The van der Waals surface area contributed by atoms with Gasteiger partial charge in [0.25, 0.3) is 0 Å². The number of benzene rings is 2. The lowest BCUT2D eigenvalue weighted by Gasteiger charge is -2.12. The fraction of sp³-hybridized carbons (Fsp3) is 0.200. The van der Waals surface area contributed by atoms with Crippen molar-refractivity contribution in [3.05, 3.63) is 60.2 Å². The Kier molecular flexibility index (Phi) is 4.20. The van der Waals surface area contributed by atoms with E-state index >= 15 is 0 Å². The lowest BCUT2D eigenvalue weighted by Crippen LogP contribution is -2.20. The third-order valence-electron chi connectivity index (χ3n) is 2.59. The molecule has 2 aromatic carbocycles. The van der Waals surface area contributed by atoms with Crippen molar-refractivity contribution < 1.29 is 14.9 Å². The standard InChI is InChI=1S/C15H16O3/c16-13-6-8-15(9-7-13)18-11-14(17)10-12-4-2-1-3-5-12/h1-9,14,16-17H,10-11H2. The Balaban J connectivity index is 1.81. The highest BCUT2D eigenvalue weighted by Gasteiger charge is 2.06. The number of hydrogen-bond acceptors (Lipinski definition) is 3. The monoisotopic (exact) mass is 244 g/mol. The Labute approximate surface area is 106 Å². The third-order valence-corrected chi connectivity index (χ3v) is 2.59. The van der Waals surface area contributed by atoms with E-state index < -0.39 is 6.10 Å². The highest BCUT2D eigenvalue weighted by molar-refractivity contribution is 5.30. The molecule has 0 heterocycles. The molecular formula is C15H16O3. The normalized spacial score (nSPS) is 12.1. The second-order valence-electron chi connectivity index (χ2n) is 4.15. The van der Waals surface area contributed by atoms with Gasteiger partial charge in [0.15, 0.2) is 0 Å². The van der Waals surface area contributed by atoms with Crippen LogP contribution in [0.4, 0.5) is 0 Å². The average molecular weight is 244 g/mol. The lowest BCUT2D eigenvalue weighted by molar-refractivity contribution is 0.108. The fourth-order valence-corrected chi connectivity index (χ4v) is 1.68. The van der Waals surface area contributed by atoms with Gasteiger partial charge in [-0.15, -0.1) is 0 Å². The molecule has 2 N–H and O–H groups in total. The highest BCUT2D eigenvalue weighted by atomic mass is 16.5. The molecular weight excluding hydrogens is 228 g/mol. The van der Waals surface area contributed by atoms with E-state index in [1.807, 2.05) is 30.3 Å². The SMILES string of the molecule is Oc1ccc(OCC(O)Cc2ccccc2)cc1. The molecule has 3 heteroatoms. The van der Waals surface area contributed by atoms with Crippen molar-refractivity contribution in [1.29, 1.82) is 0 Å². The molecule has 0 radical (unpaired) electrons. The van der Waals surface area contributed by atoms with Crippen LogP contribution in [0.15, 0.2) is 54.6 Å². The quantitative estimate of drug-likeness (QED) is 0.849. The van der Waals surface area contributed by atoms with E-state index in [0.29, 0.717) is 12.2 Å². The van der Waals surface area contributed by atoms with E-state index in [2.05, 4.69) is 0 Å². The maximum absolute atomic E-state index is 9.84. The number of aliphatic hydroxyl groups excluding tert-OH is 1. The minimum Gasteiger partial charge on any atom is -0.508 e. The molecule has 18 heavy (non-hydrogen) atoms. The van der Waals surface area contributed by atoms with Gasteiger partial charge in [-0.3, -0.25) is 0 Å². The van der Waals surface area contributed by atoms with E-state index in [1.165, 1.54) is 0 Å². The van der Waals surface area contributed by atoms with Gasteiger partial charge in [-0.05, 0) is 29.8 Å². The maximum Gasteiger partial charge on any atom is 0.119 e. The summed E-state index contributed by atoms with van der Waals surface area (Å²) in [6.07, 6.45) is 0.0278. The topological polar surface area (TPSA) is 49.7 Å². The van der Waals surface area contributed by atoms with Crippen molar-refractivity contribution in [2.24, 2.45) is 0 Å². The zero-order valence-electron chi connectivity index (χ0n) is 9.99. The summed E-state index contributed by atoms with van der Waals surface area (Å²) in [6, 6.07) is 16.2. The number of rotatable bonds is 5. The summed E-state index contributed by atoms with van der Waals surface area (Å²) < 4.78 is 5.43. The molecule has 0 saturated heterocycles. The molecule has 0 spiro atoms. The lowest BCUT2D eigenvalue weighted by atomic mass is 10.1. The molecule has 1 unspecified atom stereocenters. The summed E-state index contributed by atoms with van der Waals surface area (Å²) in [7, 11) is 0. The van der Waals surface area contributed by atoms with Crippen LogP contribution in [0.2, 0.25) is 0 Å². The molecule has 2 rings (SSSR count). The molecule has 0 aliphatic rings. The van der Waals surface area contributed by atoms with Crippen molar-refractivity contribution in [3.63, 3.8) is 0 Å². The molecule has 1 atom stereocenters. The van der Waals surface area contributed by atoms with E-state index in [1.54, 1.807) is 24.3 Å².